The summed E-state index contributed by atoms with van der Waals surface area (Å²) in [5.41, 5.74) is 8.97. The Bertz CT molecular complexity index is 1440. The molecule has 0 amide bonds. The minimum absolute atomic E-state index is 0.156. The van der Waals surface area contributed by atoms with E-state index in [4.69, 9.17) is 26.7 Å². The van der Waals surface area contributed by atoms with Gasteiger partial charge in [-0.2, -0.15) is 0 Å². The molecule has 0 spiro atoms. The largest absolute Gasteiger partial charge is 0.497 e. The van der Waals surface area contributed by atoms with E-state index >= 15 is 0 Å². The summed E-state index contributed by atoms with van der Waals surface area (Å²) in [5.74, 6) is 1.46. The van der Waals surface area contributed by atoms with Crippen molar-refractivity contribution in [1.29, 1.82) is 0 Å². The van der Waals surface area contributed by atoms with Crippen LogP contribution in [0.5, 0.6) is 11.5 Å². The molecule has 1 aliphatic heterocycles. The summed E-state index contributed by atoms with van der Waals surface area (Å²) in [6, 6.07) is 20.2. The van der Waals surface area contributed by atoms with Crippen LogP contribution in [-0.4, -0.2) is 28.9 Å². The molecule has 2 atom stereocenters. The molecule has 190 valence electrons. The van der Waals surface area contributed by atoms with E-state index < -0.39 is 0 Å². The van der Waals surface area contributed by atoms with Crippen LogP contribution in [0.3, 0.4) is 0 Å². The van der Waals surface area contributed by atoms with Gasteiger partial charge in [-0.15, -0.1) is 0 Å². The van der Waals surface area contributed by atoms with Crippen LogP contribution in [0.2, 0.25) is 0 Å². The van der Waals surface area contributed by atoms with Crippen molar-refractivity contribution in [3.63, 3.8) is 0 Å². The molecule has 4 aromatic rings. The molecule has 1 fully saturated rings. The van der Waals surface area contributed by atoms with Crippen molar-refractivity contribution in [2.75, 3.05) is 19.1 Å². The smallest absolute Gasteiger partial charge is 0.174 e. The fourth-order valence-corrected chi connectivity index (χ4v) is 5.84. The molecule has 1 saturated heterocycles. The molecular weight excluding hydrogens is 480 g/mol. The first-order valence-electron chi connectivity index (χ1n) is 12.3. The Kier molecular flexibility index (Phi) is 6.65. The summed E-state index contributed by atoms with van der Waals surface area (Å²) < 4.78 is 13.7. The van der Waals surface area contributed by atoms with Crippen molar-refractivity contribution in [3.05, 3.63) is 101 Å². The number of nitrogens with zero attached hydrogens (tertiary/aromatic N) is 3. The quantitative estimate of drug-likeness (QED) is 0.306. The molecule has 0 unspecified atom stereocenters. The van der Waals surface area contributed by atoms with Gasteiger partial charge in [-0.1, -0.05) is 24.3 Å². The number of thiocarbonyl (C=S) groups is 1. The average Bonchev–Trinajstić information content (AvgIpc) is 3.39. The standard InChI is InChI=1S/C30H32N4O2S/c1-18-10-9-11-19(2)28(18)33-20(3)16-23(21(33)4)29-27(24-12-7-8-15-31-24)32-30(37)34(29)25-17-22(35-5)13-14-26(25)36-6/h7-17,27,29H,1-6H3,(H,32,37)/t27-,29-/m1/s1. The lowest BCUT2D eigenvalue weighted by molar-refractivity contribution is 0.403. The normalized spacial score (nSPS) is 17.1. The fourth-order valence-electron chi connectivity index (χ4n) is 5.50. The summed E-state index contributed by atoms with van der Waals surface area (Å²) in [4.78, 5) is 6.85. The second-order valence-corrected chi connectivity index (χ2v) is 9.82. The van der Waals surface area contributed by atoms with Gasteiger partial charge in [-0.05, 0) is 86.9 Å². The second-order valence-electron chi connectivity index (χ2n) is 9.44. The molecule has 5 rings (SSSR count). The predicted octanol–water partition coefficient (Wildman–Crippen LogP) is 6.30. The van der Waals surface area contributed by atoms with E-state index in [1.807, 2.05) is 42.6 Å². The summed E-state index contributed by atoms with van der Waals surface area (Å²) >= 11 is 5.97. The molecule has 1 aliphatic rings. The zero-order chi connectivity index (χ0) is 26.3. The summed E-state index contributed by atoms with van der Waals surface area (Å²) in [6.07, 6.45) is 1.83. The third-order valence-corrected chi connectivity index (χ3v) is 7.51. The van der Waals surface area contributed by atoms with Crippen molar-refractivity contribution < 1.29 is 9.47 Å². The third-order valence-electron chi connectivity index (χ3n) is 7.20. The molecule has 0 aliphatic carbocycles. The van der Waals surface area contributed by atoms with Gasteiger partial charge in [-0.25, -0.2) is 0 Å². The van der Waals surface area contributed by atoms with Gasteiger partial charge in [-0.3, -0.25) is 4.98 Å². The number of hydrogen-bond acceptors (Lipinski definition) is 4. The number of para-hydroxylation sites is 1. The number of aryl methyl sites for hydroxylation is 3. The lowest BCUT2D eigenvalue weighted by Gasteiger charge is -2.29. The number of anilines is 1. The van der Waals surface area contributed by atoms with Gasteiger partial charge in [0.15, 0.2) is 5.11 Å². The van der Waals surface area contributed by atoms with Crippen LogP contribution in [0.15, 0.2) is 66.9 Å². The number of hydrogen-bond donors (Lipinski definition) is 1. The Hall–Kier alpha value is -3.84. The maximum Gasteiger partial charge on any atom is 0.174 e. The van der Waals surface area contributed by atoms with Gasteiger partial charge in [0.25, 0.3) is 0 Å². The van der Waals surface area contributed by atoms with Crippen molar-refractivity contribution in [2.45, 2.75) is 39.8 Å². The highest BCUT2D eigenvalue weighted by molar-refractivity contribution is 7.80. The summed E-state index contributed by atoms with van der Waals surface area (Å²) in [7, 11) is 3.34. The van der Waals surface area contributed by atoms with Crippen LogP contribution >= 0.6 is 12.2 Å². The highest BCUT2D eigenvalue weighted by Gasteiger charge is 2.43. The third kappa shape index (κ3) is 4.23. The van der Waals surface area contributed by atoms with E-state index in [1.165, 1.54) is 33.8 Å². The minimum atomic E-state index is -0.160. The molecule has 2 aromatic carbocycles. The fraction of sp³-hybridized carbons (Fsp3) is 0.267. The Morgan fingerprint density at radius 1 is 0.892 bits per heavy atom. The van der Waals surface area contributed by atoms with Crippen molar-refractivity contribution in [2.24, 2.45) is 0 Å². The van der Waals surface area contributed by atoms with Crippen LogP contribution in [0.1, 0.15) is 45.9 Å². The monoisotopic (exact) mass is 512 g/mol. The van der Waals surface area contributed by atoms with Crippen LogP contribution < -0.4 is 19.7 Å². The predicted molar refractivity (Wildman–Crippen MR) is 152 cm³/mol. The van der Waals surface area contributed by atoms with Crippen LogP contribution in [0.25, 0.3) is 5.69 Å². The molecule has 0 bridgehead atoms. The topological polar surface area (TPSA) is 51.6 Å². The van der Waals surface area contributed by atoms with Gasteiger partial charge >= 0.3 is 0 Å². The van der Waals surface area contributed by atoms with E-state index in [0.29, 0.717) is 5.11 Å². The lowest BCUT2D eigenvalue weighted by atomic mass is 9.96. The summed E-state index contributed by atoms with van der Waals surface area (Å²) in [5, 5.41) is 4.18. The maximum atomic E-state index is 5.97. The van der Waals surface area contributed by atoms with Crippen LogP contribution in [-0.2, 0) is 0 Å². The van der Waals surface area contributed by atoms with E-state index in [9.17, 15) is 0 Å². The number of pyridine rings is 1. The number of ether oxygens (including phenoxy) is 2. The second kappa shape index (κ2) is 9.90. The average molecular weight is 513 g/mol. The molecular formula is C30H32N4O2S. The van der Waals surface area contributed by atoms with Crippen molar-refractivity contribution >= 4 is 23.0 Å². The highest BCUT2D eigenvalue weighted by atomic mass is 32.1. The molecule has 0 saturated carbocycles. The van der Waals surface area contributed by atoms with Gasteiger partial charge in [0.05, 0.1) is 43.4 Å². The highest BCUT2D eigenvalue weighted by Crippen LogP contribution is 2.47. The Morgan fingerprint density at radius 3 is 2.30 bits per heavy atom. The Balaban J connectivity index is 1.74. The van der Waals surface area contributed by atoms with E-state index in [0.717, 1.165) is 22.9 Å². The first-order chi connectivity index (χ1) is 17.8. The molecule has 37 heavy (non-hydrogen) atoms. The lowest BCUT2D eigenvalue weighted by Crippen LogP contribution is -2.30. The molecule has 0 radical (unpaired) electrons. The number of methoxy groups -OCH3 is 2. The molecule has 7 heteroatoms. The first-order valence-corrected chi connectivity index (χ1v) is 12.7. The van der Waals surface area contributed by atoms with E-state index in [1.54, 1.807) is 14.2 Å². The minimum Gasteiger partial charge on any atom is -0.497 e. The number of benzene rings is 2. The Morgan fingerprint density at radius 2 is 1.65 bits per heavy atom. The number of rotatable bonds is 6. The van der Waals surface area contributed by atoms with Crippen LogP contribution in [0.4, 0.5) is 5.69 Å². The van der Waals surface area contributed by atoms with Gasteiger partial charge in [0.1, 0.15) is 11.5 Å². The molecule has 2 aromatic heterocycles. The van der Waals surface area contributed by atoms with Crippen molar-refractivity contribution in [1.82, 2.24) is 14.9 Å². The first kappa shape index (κ1) is 24.8. The van der Waals surface area contributed by atoms with Gasteiger partial charge in [0, 0.05) is 23.7 Å². The SMILES string of the molecule is COc1ccc(OC)c(N2C(=S)N[C@H](c3ccccn3)[C@H]2c2cc(C)n(-c3c(C)cccc3C)c2C)c1. The van der Waals surface area contributed by atoms with Crippen LogP contribution in [0, 0.1) is 27.7 Å². The number of nitrogens with one attached hydrogen (secondary N) is 1. The zero-order valence-corrected chi connectivity index (χ0v) is 22.9. The van der Waals surface area contributed by atoms with Gasteiger partial charge in [0.2, 0.25) is 0 Å². The number of aromatic nitrogens is 2. The Labute approximate surface area is 223 Å². The van der Waals surface area contributed by atoms with E-state index in [2.05, 4.69) is 66.7 Å². The van der Waals surface area contributed by atoms with Gasteiger partial charge < -0.3 is 24.3 Å². The molecule has 6 nitrogen and oxygen atoms in total. The molecule has 3 heterocycles. The van der Waals surface area contributed by atoms with E-state index in [-0.39, 0.29) is 12.1 Å². The summed E-state index contributed by atoms with van der Waals surface area (Å²) in [6.45, 7) is 8.68. The molecule has 1 N–H and O–H groups in total. The van der Waals surface area contributed by atoms with Crippen molar-refractivity contribution in [3.8, 4) is 17.2 Å². The maximum absolute atomic E-state index is 5.97. The zero-order valence-electron chi connectivity index (χ0n) is 22.1.